The predicted molar refractivity (Wildman–Crippen MR) is 65.1 cm³/mol. The first kappa shape index (κ1) is 12.0. The van der Waals surface area contributed by atoms with Gasteiger partial charge in [-0.25, -0.2) is 0 Å². The smallest absolute Gasteiger partial charge is 0.251 e. The normalized spacial score (nSPS) is 10.1. The van der Waals surface area contributed by atoms with Crippen molar-refractivity contribution in [1.82, 2.24) is 10.5 Å². The van der Waals surface area contributed by atoms with Gasteiger partial charge in [0.05, 0.1) is 19.3 Å². The second-order valence-electron chi connectivity index (χ2n) is 3.63. The van der Waals surface area contributed by atoms with Crippen LogP contribution in [0.5, 0.6) is 5.75 Å². The summed E-state index contributed by atoms with van der Waals surface area (Å²) in [6.45, 7) is 0.307. The molecule has 2 aromatic rings. The number of benzene rings is 1. The molecule has 0 aliphatic rings. The fourth-order valence-electron chi connectivity index (χ4n) is 1.48. The second kappa shape index (κ2) is 5.22. The minimum atomic E-state index is -0.229. The zero-order valence-electron chi connectivity index (χ0n) is 9.84. The minimum absolute atomic E-state index is 0.229. The molecule has 0 aliphatic heterocycles. The molecular formula is C12H13N3O3. The van der Waals surface area contributed by atoms with Crippen LogP contribution in [-0.4, -0.2) is 18.2 Å². The van der Waals surface area contributed by atoms with Crippen LogP contribution in [0.15, 0.2) is 35.1 Å². The summed E-state index contributed by atoms with van der Waals surface area (Å²) in [5.41, 5.74) is 7.28. The van der Waals surface area contributed by atoms with E-state index in [-0.39, 0.29) is 5.91 Å². The van der Waals surface area contributed by atoms with E-state index in [1.165, 1.54) is 13.4 Å². The largest absolute Gasteiger partial charge is 0.495 e. The number of amides is 1. The summed E-state index contributed by atoms with van der Waals surface area (Å²) in [6.07, 6.45) is 1.45. The fraction of sp³-hybridized carbons (Fsp3) is 0.167. The number of nitrogens with one attached hydrogen (secondary N) is 1. The summed E-state index contributed by atoms with van der Waals surface area (Å²) in [4.78, 5) is 11.8. The van der Waals surface area contributed by atoms with E-state index in [2.05, 4.69) is 15.0 Å². The van der Waals surface area contributed by atoms with Crippen molar-refractivity contribution in [2.24, 2.45) is 0 Å². The Bertz CT molecular complexity index is 538. The molecule has 3 N–H and O–H groups in total. The number of nitrogen functional groups attached to an aromatic ring is 1. The van der Waals surface area contributed by atoms with Crippen LogP contribution < -0.4 is 15.8 Å². The van der Waals surface area contributed by atoms with Gasteiger partial charge < -0.3 is 20.3 Å². The van der Waals surface area contributed by atoms with E-state index in [0.717, 1.165) is 0 Å². The maximum Gasteiger partial charge on any atom is 0.251 e. The lowest BCUT2D eigenvalue weighted by atomic mass is 10.1. The molecule has 0 bridgehead atoms. The van der Waals surface area contributed by atoms with Crippen molar-refractivity contribution in [3.8, 4) is 5.75 Å². The van der Waals surface area contributed by atoms with Gasteiger partial charge in [-0.1, -0.05) is 5.16 Å². The Hall–Kier alpha value is -2.50. The average Bonchev–Trinajstić information content (AvgIpc) is 2.89. The van der Waals surface area contributed by atoms with Gasteiger partial charge in [-0.05, 0) is 18.2 Å². The van der Waals surface area contributed by atoms with Crippen LogP contribution in [0.25, 0.3) is 0 Å². The zero-order valence-corrected chi connectivity index (χ0v) is 9.84. The number of carbonyl (C=O) groups excluding carboxylic acids is 1. The van der Waals surface area contributed by atoms with Gasteiger partial charge in [0.15, 0.2) is 0 Å². The van der Waals surface area contributed by atoms with Gasteiger partial charge in [0.2, 0.25) is 0 Å². The third kappa shape index (κ3) is 2.60. The average molecular weight is 247 g/mol. The first-order valence-electron chi connectivity index (χ1n) is 5.31. The van der Waals surface area contributed by atoms with Crippen LogP contribution in [0.2, 0.25) is 0 Å². The zero-order chi connectivity index (χ0) is 13.0. The molecule has 1 amide bonds. The van der Waals surface area contributed by atoms with Crippen molar-refractivity contribution in [1.29, 1.82) is 0 Å². The lowest BCUT2D eigenvalue weighted by molar-refractivity contribution is 0.0950. The van der Waals surface area contributed by atoms with Crippen molar-refractivity contribution < 1.29 is 14.1 Å². The van der Waals surface area contributed by atoms with Crippen LogP contribution in [0.3, 0.4) is 0 Å². The Balaban J connectivity index is 2.02. The molecule has 0 saturated carbocycles. The van der Waals surface area contributed by atoms with Crippen LogP contribution in [0.4, 0.5) is 5.69 Å². The molecule has 1 heterocycles. The Morgan fingerprint density at radius 3 is 2.94 bits per heavy atom. The summed E-state index contributed by atoms with van der Waals surface area (Å²) in [7, 11) is 1.52. The molecule has 1 aromatic heterocycles. The second-order valence-corrected chi connectivity index (χ2v) is 3.63. The van der Waals surface area contributed by atoms with E-state index in [1.54, 1.807) is 24.3 Å². The standard InChI is InChI=1S/C12H13N3O3/c1-17-11-3-2-8(6-10(11)13)12(16)14-7-9-4-5-18-15-9/h2-6H,7,13H2,1H3,(H,14,16). The Morgan fingerprint density at radius 2 is 2.33 bits per heavy atom. The summed E-state index contributed by atoms with van der Waals surface area (Å²) < 4.78 is 9.68. The number of rotatable bonds is 4. The summed E-state index contributed by atoms with van der Waals surface area (Å²) >= 11 is 0. The first-order chi connectivity index (χ1) is 8.70. The number of methoxy groups -OCH3 is 1. The first-order valence-corrected chi connectivity index (χ1v) is 5.31. The van der Waals surface area contributed by atoms with Gasteiger partial charge in [-0.3, -0.25) is 4.79 Å². The van der Waals surface area contributed by atoms with Crippen LogP contribution in [0, 0.1) is 0 Å². The topological polar surface area (TPSA) is 90.4 Å². The third-order valence-corrected chi connectivity index (χ3v) is 2.41. The van der Waals surface area contributed by atoms with Crippen molar-refractivity contribution in [2.45, 2.75) is 6.54 Å². The lowest BCUT2D eigenvalue weighted by Gasteiger charge is -2.07. The number of nitrogens with zero attached hydrogens (tertiary/aromatic N) is 1. The Labute approximate surface area is 104 Å². The molecule has 6 nitrogen and oxygen atoms in total. The molecule has 0 fully saturated rings. The Kier molecular flexibility index (Phi) is 3.47. The molecule has 1 aromatic carbocycles. The highest BCUT2D eigenvalue weighted by Crippen LogP contribution is 2.21. The fourth-order valence-corrected chi connectivity index (χ4v) is 1.48. The maximum atomic E-state index is 11.8. The number of aromatic nitrogens is 1. The van der Waals surface area contributed by atoms with Crippen LogP contribution in [0.1, 0.15) is 16.1 Å². The van der Waals surface area contributed by atoms with Gasteiger partial charge >= 0.3 is 0 Å². The molecule has 0 atom stereocenters. The highest BCUT2D eigenvalue weighted by Gasteiger charge is 2.08. The number of carbonyl (C=O) groups is 1. The highest BCUT2D eigenvalue weighted by atomic mass is 16.5. The van der Waals surface area contributed by atoms with Gasteiger partial charge in [-0.2, -0.15) is 0 Å². The summed E-state index contributed by atoms with van der Waals surface area (Å²) in [5.74, 6) is 0.315. The summed E-state index contributed by atoms with van der Waals surface area (Å²) in [5, 5.41) is 6.40. The molecule has 2 rings (SSSR count). The molecule has 18 heavy (non-hydrogen) atoms. The van der Waals surface area contributed by atoms with Gasteiger partial charge in [0.25, 0.3) is 5.91 Å². The number of nitrogens with two attached hydrogens (primary N) is 1. The number of hydrogen-bond donors (Lipinski definition) is 2. The molecule has 0 saturated heterocycles. The van der Waals surface area contributed by atoms with Gasteiger partial charge in [0, 0.05) is 11.6 Å². The SMILES string of the molecule is COc1ccc(C(=O)NCc2ccon2)cc1N. The number of anilines is 1. The molecule has 0 unspecified atom stereocenters. The third-order valence-electron chi connectivity index (χ3n) is 2.41. The highest BCUT2D eigenvalue weighted by molar-refractivity contribution is 5.95. The van der Waals surface area contributed by atoms with Crippen molar-refractivity contribution in [2.75, 3.05) is 12.8 Å². The van der Waals surface area contributed by atoms with Crippen molar-refractivity contribution >= 4 is 11.6 Å². The van der Waals surface area contributed by atoms with Crippen molar-refractivity contribution in [3.63, 3.8) is 0 Å². The molecule has 0 aliphatic carbocycles. The van der Waals surface area contributed by atoms with Crippen molar-refractivity contribution in [3.05, 3.63) is 41.8 Å². The quantitative estimate of drug-likeness (QED) is 0.792. The van der Waals surface area contributed by atoms with Gasteiger partial charge in [-0.15, -0.1) is 0 Å². The van der Waals surface area contributed by atoms with E-state index >= 15 is 0 Å². The molecule has 0 spiro atoms. The monoisotopic (exact) mass is 247 g/mol. The summed E-state index contributed by atoms with van der Waals surface area (Å²) in [6, 6.07) is 6.55. The van der Waals surface area contributed by atoms with E-state index < -0.39 is 0 Å². The molecular weight excluding hydrogens is 234 g/mol. The lowest BCUT2D eigenvalue weighted by Crippen LogP contribution is -2.23. The maximum absolute atomic E-state index is 11.8. The number of ether oxygens (including phenoxy) is 1. The van der Waals surface area contributed by atoms with E-state index in [4.69, 9.17) is 10.5 Å². The molecule has 6 heteroatoms. The Morgan fingerprint density at radius 1 is 1.50 bits per heavy atom. The predicted octanol–water partition coefficient (Wildman–Crippen LogP) is 1.20. The molecule has 0 radical (unpaired) electrons. The minimum Gasteiger partial charge on any atom is -0.495 e. The van der Waals surface area contributed by atoms with Gasteiger partial charge in [0.1, 0.15) is 17.7 Å². The number of hydrogen-bond acceptors (Lipinski definition) is 5. The van der Waals surface area contributed by atoms with E-state index in [0.29, 0.717) is 29.2 Å². The van der Waals surface area contributed by atoms with E-state index in [1.807, 2.05) is 0 Å². The van der Waals surface area contributed by atoms with Crippen LogP contribution in [-0.2, 0) is 6.54 Å². The van der Waals surface area contributed by atoms with E-state index in [9.17, 15) is 4.79 Å². The molecule has 94 valence electrons. The van der Waals surface area contributed by atoms with Crippen LogP contribution >= 0.6 is 0 Å².